The number of carbonyl (C=O) groups excluding carboxylic acids is 1. The Labute approximate surface area is 85.3 Å². The summed E-state index contributed by atoms with van der Waals surface area (Å²) in [5, 5.41) is 0. The Kier molecular flexibility index (Phi) is 1.98. The van der Waals surface area contributed by atoms with Gasteiger partial charge in [0.1, 0.15) is 0 Å². The predicted molar refractivity (Wildman–Crippen MR) is 54.7 cm³/mol. The molecule has 0 aromatic carbocycles. The first-order valence-corrected chi connectivity index (χ1v) is 5.47. The minimum atomic E-state index is -0.157. The van der Waals surface area contributed by atoms with E-state index in [1.54, 1.807) is 0 Å². The molecule has 2 aliphatic rings. The van der Waals surface area contributed by atoms with Gasteiger partial charge in [-0.3, -0.25) is 4.79 Å². The summed E-state index contributed by atoms with van der Waals surface area (Å²) in [6.07, 6.45) is 4.88. The van der Waals surface area contributed by atoms with Gasteiger partial charge in [-0.15, -0.1) is 6.58 Å². The topological polar surface area (TPSA) is 26.3 Å². The molecule has 2 rings (SSSR count). The number of fused-ring (bicyclic) bond motifs is 1. The number of allylic oxidation sites excluding steroid dienone is 1. The molecule has 1 aliphatic heterocycles. The second kappa shape index (κ2) is 2.85. The van der Waals surface area contributed by atoms with Gasteiger partial charge < -0.3 is 4.74 Å². The Morgan fingerprint density at radius 2 is 2.29 bits per heavy atom. The van der Waals surface area contributed by atoms with Crippen LogP contribution in [0.4, 0.5) is 0 Å². The summed E-state index contributed by atoms with van der Waals surface area (Å²) in [4.78, 5) is 11.8. The first kappa shape index (κ1) is 9.75. The fourth-order valence-electron chi connectivity index (χ4n) is 3.73. The van der Waals surface area contributed by atoms with E-state index in [9.17, 15) is 4.79 Å². The number of ether oxygens (including phenoxy) is 1. The Morgan fingerprint density at radius 3 is 2.71 bits per heavy atom. The van der Waals surface area contributed by atoms with E-state index in [-0.39, 0.29) is 16.8 Å². The van der Waals surface area contributed by atoms with Crippen molar-refractivity contribution in [3.05, 3.63) is 12.7 Å². The van der Waals surface area contributed by atoms with Crippen LogP contribution in [0.25, 0.3) is 0 Å². The average molecular weight is 194 g/mol. The van der Waals surface area contributed by atoms with Gasteiger partial charge in [0.2, 0.25) is 0 Å². The molecule has 0 N–H and O–H groups in total. The first-order chi connectivity index (χ1) is 6.69. The number of hydrogen-bond donors (Lipinski definition) is 0. The van der Waals surface area contributed by atoms with Gasteiger partial charge in [-0.2, -0.15) is 0 Å². The molecule has 0 amide bonds. The van der Waals surface area contributed by atoms with Crippen LogP contribution >= 0.6 is 0 Å². The van der Waals surface area contributed by atoms with Crippen LogP contribution in [0.2, 0.25) is 0 Å². The van der Waals surface area contributed by atoms with E-state index in [0.29, 0.717) is 12.5 Å². The van der Waals surface area contributed by atoms with Gasteiger partial charge in [-0.05, 0) is 24.7 Å². The zero-order valence-corrected chi connectivity index (χ0v) is 9.01. The Bertz CT molecular complexity index is 284. The molecule has 2 fully saturated rings. The molecule has 2 heteroatoms. The second-order valence-electron chi connectivity index (χ2n) is 4.48. The third-order valence-electron chi connectivity index (χ3n) is 4.51. The van der Waals surface area contributed by atoms with Gasteiger partial charge in [0, 0.05) is 5.92 Å². The highest BCUT2D eigenvalue weighted by atomic mass is 16.5. The fourth-order valence-corrected chi connectivity index (χ4v) is 3.73. The van der Waals surface area contributed by atoms with Gasteiger partial charge in [0.05, 0.1) is 12.0 Å². The Balaban J connectivity index is 2.32. The Morgan fingerprint density at radius 1 is 1.57 bits per heavy atom. The maximum atomic E-state index is 11.8. The van der Waals surface area contributed by atoms with Gasteiger partial charge in [-0.25, -0.2) is 0 Å². The van der Waals surface area contributed by atoms with Crippen LogP contribution in [0.5, 0.6) is 0 Å². The highest BCUT2D eigenvalue weighted by Crippen LogP contribution is 2.77. The maximum Gasteiger partial charge on any atom is 0.313 e. The third kappa shape index (κ3) is 0.760. The predicted octanol–water partition coefficient (Wildman–Crippen LogP) is 2.54. The summed E-state index contributed by atoms with van der Waals surface area (Å²) < 4.78 is 5.14. The Hall–Kier alpha value is -0.790. The van der Waals surface area contributed by atoms with Gasteiger partial charge in [-0.1, -0.05) is 19.9 Å². The molecule has 1 saturated carbocycles. The molecule has 78 valence electrons. The quantitative estimate of drug-likeness (QED) is 0.508. The van der Waals surface area contributed by atoms with Gasteiger partial charge in [0.25, 0.3) is 0 Å². The number of carbonyl (C=O) groups is 1. The normalized spacial score (nSPS) is 44.4. The molecule has 0 radical (unpaired) electrons. The van der Waals surface area contributed by atoms with Crippen LogP contribution in [0.15, 0.2) is 12.7 Å². The monoisotopic (exact) mass is 194 g/mol. The van der Waals surface area contributed by atoms with Crippen LogP contribution in [0, 0.1) is 16.7 Å². The van der Waals surface area contributed by atoms with Crippen LogP contribution in [0.3, 0.4) is 0 Å². The minimum absolute atomic E-state index is 0.0358. The fraction of sp³-hybridized carbons (Fsp3) is 0.750. The summed E-state index contributed by atoms with van der Waals surface area (Å²) in [6.45, 7) is 8.70. The van der Waals surface area contributed by atoms with E-state index in [0.717, 1.165) is 19.3 Å². The second-order valence-corrected chi connectivity index (χ2v) is 4.48. The van der Waals surface area contributed by atoms with E-state index in [1.807, 2.05) is 6.08 Å². The number of rotatable bonds is 4. The largest absolute Gasteiger partial charge is 0.465 e. The SMILES string of the molecule is C=CC[C@]1(CC)[C@@H]2COC(=O)[C@@]21CC. The van der Waals surface area contributed by atoms with E-state index in [4.69, 9.17) is 4.74 Å². The standard InChI is InChI=1S/C12H18O2/c1-4-7-11(5-2)9-8-14-10(13)12(9,11)6-3/h4,9H,1,5-8H2,2-3H3/t9-,11+,12+/m0/s1. The molecule has 1 saturated heterocycles. The van der Waals surface area contributed by atoms with Gasteiger partial charge >= 0.3 is 5.97 Å². The molecule has 0 bridgehead atoms. The molecule has 0 aromatic heterocycles. The molecular weight excluding hydrogens is 176 g/mol. The average Bonchev–Trinajstić information content (AvgIpc) is 2.60. The minimum Gasteiger partial charge on any atom is -0.465 e. The molecule has 1 aliphatic carbocycles. The third-order valence-corrected chi connectivity index (χ3v) is 4.51. The molecule has 2 nitrogen and oxygen atoms in total. The van der Waals surface area contributed by atoms with Crippen molar-refractivity contribution in [1.82, 2.24) is 0 Å². The lowest BCUT2D eigenvalue weighted by Gasteiger charge is -2.21. The van der Waals surface area contributed by atoms with Crippen LogP contribution in [-0.4, -0.2) is 12.6 Å². The summed E-state index contributed by atoms with van der Waals surface area (Å²) in [5.74, 6) is 0.490. The lowest BCUT2D eigenvalue weighted by Crippen LogP contribution is -2.24. The van der Waals surface area contributed by atoms with Crippen molar-refractivity contribution in [3.63, 3.8) is 0 Å². The van der Waals surface area contributed by atoms with Crippen LogP contribution in [0.1, 0.15) is 33.1 Å². The number of hydrogen-bond acceptors (Lipinski definition) is 2. The summed E-state index contributed by atoms with van der Waals surface area (Å²) in [6, 6.07) is 0. The molecule has 0 spiro atoms. The van der Waals surface area contributed by atoms with Gasteiger partial charge in [0.15, 0.2) is 0 Å². The van der Waals surface area contributed by atoms with Crippen molar-refractivity contribution >= 4 is 5.97 Å². The molecule has 0 aromatic rings. The molecule has 14 heavy (non-hydrogen) atoms. The van der Waals surface area contributed by atoms with Crippen molar-refractivity contribution in [3.8, 4) is 0 Å². The summed E-state index contributed by atoms with van der Waals surface area (Å²) in [5.41, 5.74) is 0.0226. The lowest BCUT2D eigenvalue weighted by molar-refractivity contribution is -0.148. The zero-order valence-electron chi connectivity index (χ0n) is 9.01. The van der Waals surface area contributed by atoms with Crippen molar-refractivity contribution in [2.75, 3.05) is 6.61 Å². The lowest BCUT2D eigenvalue weighted by atomic mass is 9.85. The number of esters is 1. The van der Waals surface area contributed by atoms with E-state index in [1.165, 1.54) is 0 Å². The van der Waals surface area contributed by atoms with E-state index >= 15 is 0 Å². The molecule has 3 atom stereocenters. The van der Waals surface area contributed by atoms with Crippen molar-refractivity contribution in [1.29, 1.82) is 0 Å². The van der Waals surface area contributed by atoms with E-state index < -0.39 is 0 Å². The molecule has 0 unspecified atom stereocenters. The molecular formula is C12H18O2. The van der Waals surface area contributed by atoms with Crippen molar-refractivity contribution < 1.29 is 9.53 Å². The van der Waals surface area contributed by atoms with Crippen LogP contribution < -0.4 is 0 Å². The van der Waals surface area contributed by atoms with Crippen molar-refractivity contribution in [2.24, 2.45) is 16.7 Å². The molecule has 1 heterocycles. The van der Waals surface area contributed by atoms with Crippen LogP contribution in [-0.2, 0) is 9.53 Å². The highest BCUT2D eigenvalue weighted by molar-refractivity contribution is 5.85. The smallest absolute Gasteiger partial charge is 0.313 e. The summed E-state index contributed by atoms with van der Waals surface area (Å²) in [7, 11) is 0. The number of cyclic esters (lactones) is 1. The first-order valence-electron chi connectivity index (χ1n) is 5.47. The maximum absolute atomic E-state index is 11.8. The van der Waals surface area contributed by atoms with E-state index in [2.05, 4.69) is 20.4 Å². The highest BCUT2D eigenvalue weighted by Gasteiger charge is 2.81. The zero-order chi connectivity index (χ0) is 10.4. The summed E-state index contributed by atoms with van der Waals surface area (Å²) >= 11 is 0. The van der Waals surface area contributed by atoms with Crippen molar-refractivity contribution in [2.45, 2.75) is 33.1 Å².